The Hall–Kier alpha value is -2.57. The molecule has 0 aliphatic carbocycles. The average molecular weight is 289 g/mol. The van der Waals surface area contributed by atoms with Gasteiger partial charge in [0, 0.05) is 25.9 Å². The Labute approximate surface area is 123 Å². The number of carbonyl (C=O) groups is 1. The van der Waals surface area contributed by atoms with E-state index in [9.17, 15) is 4.79 Å². The first-order valence-electron chi connectivity index (χ1n) is 6.65. The van der Waals surface area contributed by atoms with Gasteiger partial charge in [-0.05, 0) is 18.1 Å². The lowest BCUT2D eigenvalue weighted by molar-refractivity contribution is 0.0942. The molecule has 21 heavy (non-hydrogen) atoms. The highest BCUT2D eigenvalue weighted by Gasteiger charge is 2.18. The number of ether oxygens (including phenoxy) is 1. The maximum Gasteiger partial charge on any atom is 0.271 e. The minimum absolute atomic E-state index is 0.252. The molecule has 7 nitrogen and oxygen atoms in total. The summed E-state index contributed by atoms with van der Waals surface area (Å²) in [6, 6.07) is 3.58. The van der Waals surface area contributed by atoms with Crippen LogP contribution in [0.4, 0.5) is 5.69 Å². The van der Waals surface area contributed by atoms with Crippen molar-refractivity contribution in [3.05, 3.63) is 35.3 Å². The van der Waals surface area contributed by atoms with Gasteiger partial charge in [-0.15, -0.1) is 0 Å². The Morgan fingerprint density at radius 2 is 2.29 bits per heavy atom. The van der Waals surface area contributed by atoms with Crippen LogP contribution in [0, 0.1) is 0 Å². The Morgan fingerprint density at radius 1 is 1.52 bits per heavy atom. The number of anilines is 1. The topological polar surface area (TPSA) is 95.1 Å². The van der Waals surface area contributed by atoms with Crippen LogP contribution >= 0.6 is 0 Å². The molecule has 0 spiro atoms. The fourth-order valence-corrected chi connectivity index (χ4v) is 2.06. The van der Waals surface area contributed by atoms with Crippen molar-refractivity contribution in [1.82, 2.24) is 20.1 Å². The minimum atomic E-state index is -0.252. The standard InChI is InChI=1S/C14H19N5O2/c1-4-10-12(15)13(19(2)18-10)14(20)17-8-9-5-6-16-11(7-9)21-3/h5-7H,4,8,15H2,1-3H3,(H,17,20). The summed E-state index contributed by atoms with van der Waals surface area (Å²) in [4.78, 5) is 16.3. The van der Waals surface area contributed by atoms with Crippen molar-refractivity contribution in [1.29, 1.82) is 0 Å². The van der Waals surface area contributed by atoms with E-state index in [1.54, 1.807) is 26.4 Å². The fraction of sp³-hybridized carbons (Fsp3) is 0.357. The molecule has 0 aromatic carbocycles. The van der Waals surface area contributed by atoms with Gasteiger partial charge in [0.15, 0.2) is 0 Å². The molecule has 0 saturated carbocycles. The number of aryl methyl sites for hydroxylation is 2. The normalized spacial score (nSPS) is 10.4. The third-order valence-corrected chi connectivity index (χ3v) is 3.17. The largest absolute Gasteiger partial charge is 0.481 e. The van der Waals surface area contributed by atoms with Gasteiger partial charge in [0.05, 0.1) is 18.5 Å². The van der Waals surface area contributed by atoms with E-state index in [1.165, 1.54) is 4.68 Å². The maximum absolute atomic E-state index is 12.2. The van der Waals surface area contributed by atoms with E-state index in [2.05, 4.69) is 15.4 Å². The van der Waals surface area contributed by atoms with E-state index in [1.807, 2.05) is 13.0 Å². The molecule has 2 aromatic rings. The van der Waals surface area contributed by atoms with E-state index < -0.39 is 0 Å². The smallest absolute Gasteiger partial charge is 0.271 e. The Balaban J connectivity index is 2.10. The lowest BCUT2D eigenvalue weighted by Gasteiger charge is -2.07. The second-order valence-electron chi connectivity index (χ2n) is 4.58. The summed E-state index contributed by atoms with van der Waals surface area (Å²) >= 11 is 0. The molecule has 0 radical (unpaired) electrons. The van der Waals surface area contributed by atoms with Crippen molar-refractivity contribution in [3.63, 3.8) is 0 Å². The second kappa shape index (κ2) is 6.25. The third kappa shape index (κ3) is 3.13. The molecule has 3 N–H and O–H groups in total. The summed E-state index contributed by atoms with van der Waals surface area (Å²) in [5, 5.41) is 7.06. The second-order valence-corrected chi connectivity index (χ2v) is 4.58. The molecule has 2 heterocycles. The molecule has 2 aromatic heterocycles. The average Bonchev–Trinajstić information content (AvgIpc) is 2.79. The summed E-state index contributed by atoms with van der Waals surface area (Å²) in [5.74, 6) is 0.257. The minimum Gasteiger partial charge on any atom is -0.481 e. The summed E-state index contributed by atoms with van der Waals surface area (Å²) in [6.45, 7) is 2.31. The Kier molecular flexibility index (Phi) is 4.42. The molecule has 2 rings (SSSR count). The number of nitrogen functional groups attached to an aromatic ring is 1. The highest BCUT2D eigenvalue weighted by atomic mass is 16.5. The van der Waals surface area contributed by atoms with Crippen LogP contribution in [0.5, 0.6) is 5.88 Å². The number of nitrogens with one attached hydrogen (secondary N) is 1. The van der Waals surface area contributed by atoms with E-state index in [0.717, 1.165) is 11.3 Å². The van der Waals surface area contributed by atoms with Crippen LogP contribution in [0.2, 0.25) is 0 Å². The van der Waals surface area contributed by atoms with E-state index in [-0.39, 0.29) is 5.91 Å². The number of pyridine rings is 1. The zero-order chi connectivity index (χ0) is 15.4. The molecule has 0 aliphatic rings. The first-order valence-corrected chi connectivity index (χ1v) is 6.65. The number of methoxy groups -OCH3 is 1. The van der Waals surface area contributed by atoms with Crippen LogP contribution in [-0.2, 0) is 20.0 Å². The molecule has 0 aliphatic heterocycles. The molecule has 112 valence electrons. The number of nitrogens with zero attached hydrogens (tertiary/aromatic N) is 3. The number of hydrogen-bond acceptors (Lipinski definition) is 5. The van der Waals surface area contributed by atoms with E-state index in [4.69, 9.17) is 10.5 Å². The van der Waals surface area contributed by atoms with Crippen LogP contribution in [0.1, 0.15) is 28.7 Å². The summed E-state index contributed by atoms with van der Waals surface area (Å²) in [7, 11) is 3.26. The quantitative estimate of drug-likeness (QED) is 0.852. The van der Waals surface area contributed by atoms with Gasteiger partial charge in [0.1, 0.15) is 5.69 Å². The zero-order valence-corrected chi connectivity index (χ0v) is 12.4. The zero-order valence-electron chi connectivity index (χ0n) is 12.4. The van der Waals surface area contributed by atoms with Crippen molar-refractivity contribution in [2.24, 2.45) is 7.05 Å². The first-order chi connectivity index (χ1) is 10.1. The van der Waals surface area contributed by atoms with Gasteiger partial charge in [-0.25, -0.2) is 4.98 Å². The highest BCUT2D eigenvalue weighted by molar-refractivity contribution is 5.97. The summed E-state index contributed by atoms with van der Waals surface area (Å²) in [5.41, 5.74) is 8.40. The molecule has 1 amide bonds. The molecule has 0 unspecified atom stereocenters. The number of rotatable bonds is 5. The summed E-state index contributed by atoms with van der Waals surface area (Å²) < 4.78 is 6.56. The van der Waals surface area contributed by atoms with Gasteiger partial charge >= 0.3 is 0 Å². The van der Waals surface area contributed by atoms with Crippen molar-refractivity contribution < 1.29 is 9.53 Å². The predicted molar refractivity (Wildman–Crippen MR) is 79.0 cm³/mol. The van der Waals surface area contributed by atoms with E-state index >= 15 is 0 Å². The van der Waals surface area contributed by atoms with Crippen molar-refractivity contribution >= 4 is 11.6 Å². The fourth-order valence-electron chi connectivity index (χ4n) is 2.06. The molecule has 0 fully saturated rings. The number of carbonyl (C=O) groups excluding carboxylic acids is 1. The predicted octanol–water partition coefficient (Wildman–Crippen LogP) is 0.898. The third-order valence-electron chi connectivity index (χ3n) is 3.17. The van der Waals surface area contributed by atoms with Gasteiger partial charge in [0.25, 0.3) is 5.91 Å². The van der Waals surface area contributed by atoms with Gasteiger partial charge in [-0.2, -0.15) is 5.10 Å². The number of hydrogen-bond donors (Lipinski definition) is 2. The van der Waals surface area contributed by atoms with Crippen LogP contribution in [0.25, 0.3) is 0 Å². The van der Waals surface area contributed by atoms with Gasteiger partial charge < -0.3 is 15.8 Å². The van der Waals surface area contributed by atoms with Crippen LogP contribution in [0.3, 0.4) is 0 Å². The number of aromatic nitrogens is 3. The number of nitrogens with two attached hydrogens (primary N) is 1. The van der Waals surface area contributed by atoms with Gasteiger partial charge in [-0.1, -0.05) is 6.92 Å². The van der Waals surface area contributed by atoms with Crippen molar-refractivity contribution in [3.8, 4) is 5.88 Å². The highest BCUT2D eigenvalue weighted by Crippen LogP contribution is 2.17. The lowest BCUT2D eigenvalue weighted by Crippen LogP contribution is -2.26. The lowest BCUT2D eigenvalue weighted by atomic mass is 10.2. The monoisotopic (exact) mass is 289 g/mol. The van der Waals surface area contributed by atoms with Crippen LogP contribution in [0.15, 0.2) is 18.3 Å². The van der Waals surface area contributed by atoms with E-state index in [0.29, 0.717) is 30.2 Å². The first kappa shape index (κ1) is 14.8. The molecular formula is C14H19N5O2. The molecule has 0 saturated heterocycles. The maximum atomic E-state index is 12.2. The molecule has 0 bridgehead atoms. The molecule has 0 atom stereocenters. The van der Waals surface area contributed by atoms with Crippen LogP contribution in [-0.4, -0.2) is 27.8 Å². The van der Waals surface area contributed by atoms with Crippen LogP contribution < -0.4 is 15.8 Å². The van der Waals surface area contributed by atoms with Crippen molar-refractivity contribution in [2.45, 2.75) is 19.9 Å². The Morgan fingerprint density at radius 3 is 2.90 bits per heavy atom. The van der Waals surface area contributed by atoms with Crippen molar-refractivity contribution in [2.75, 3.05) is 12.8 Å². The van der Waals surface area contributed by atoms with Gasteiger partial charge in [0.2, 0.25) is 5.88 Å². The van der Waals surface area contributed by atoms with Gasteiger partial charge in [-0.3, -0.25) is 9.48 Å². The number of amides is 1. The SMILES string of the molecule is CCc1nn(C)c(C(=O)NCc2ccnc(OC)c2)c1N. The molecular weight excluding hydrogens is 270 g/mol. The molecule has 7 heteroatoms. The Bertz CT molecular complexity index is 651. The summed E-state index contributed by atoms with van der Waals surface area (Å²) in [6.07, 6.45) is 2.32.